The molecule has 2 heterocycles. The largest absolute Gasteiger partial charge is 0.759 e. The van der Waals surface area contributed by atoms with E-state index in [1.165, 1.54) is 11.4 Å². The van der Waals surface area contributed by atoms with Crippen LogP contribution >= 0.6 is 22.7 Å². The molecule has 0 saturated heterocycles. The molecule has 4 rings (SSSR count). The first-order valence-corrected chi connectivity index (χ1v) is 15.1. The first kappa shape index (κ1) is 30.9. The lowest BCUT2D eigenvalue weighted by atomic mass is 10.2. The van der Waals surface area contributed by atoms with Crippen molar-refractivity contribution < 1.29 is 26.7 Å². The fourth-order valence-corrected chi connectivity index (χ4v) is 4.76. The number of thiazole rings is 2. The molecule has 4 aromatic rings. The summed E-state index contributed by atoms with van der Waals surface area (Å²) in [5.41, 5.74) is 4.04. The van der Waals surface area contributed by atoms with E-state index in [0.717, 1.165) is 41.1 Å². The van der Waals surface area contributed by atoms with Gasteiger partial charge in [0, 0.05) is 59.7 Å². The fraction of sp³-hybridized carbons (Fsp3) is 0.280. The zero-order valence-electron chi connectivity index (χ0n) is 22.5. The van der Waals surface area contributed by atoms with E-state index in [9.17, 15) is 0 Å². The molecule has 0 unspecified atom stereocenters. The van der Waals surface area contributed by atoms with Crippen LogP contribution in [0, 0.1) is 0 Å². The molecule has 0 fully saturated rings. The first-order chi connectivity index (χ1) is 19.0. The summed E-state index contributed by atoms with van der Waals surface area (Å²) in [6.07, 6.45) is 4.99. The first-order valence-electron chi connectivity index (χ1n) is 12.0. The van der Waals surface area contributed by atoms with Crippen LogP contribution in [0.3, 0.4) is 0 Å². The maximum atomic E-state index is 8.52. The topological polar surface area (TPSA) is 144 Å². The molecule has 0 aliphatic heterocycles. The Hall–Kier alpha value is -3.63. The van der Waals surface area contributed by atoms with Crippen molar-refractivity contribution in [3.63, 3.8) is 0 Å². The van der Waals surface area contributed by atoms with Crippen molar-refractivity contribution in [2.45, 2.75) is 6.42 Å². The summed E-state index contributed by atoms with van der Waals surface area (Å²) in [5, 5.41) is 23.1. The number of nitrogens with zero attached hydrogens (tertiary/aromatic N) is 8. The SMILES string of the molecule is CN(CCCN(C)c1ccc(N=Nc2scc[n+]2C)cc1)c1ccc(N=Nc2scc[n+]2C)cc1.O=S(=O)([O-])[O-]. The number of hydrogen-bond donors (Lipinski definition) is 0. The minimum absolute atomic E-state index is 0.850. The van der Waals surface area contributed by atoms with Crippen LogP contribution in [0.4, 0.5) is 33.0 Å². The highest BCUT2D eigenvalue weighted by atomic mass is 32.3. The lowest BCUT2D eigenvalue weighted by Gasteiger charge is -2.23. The minimum Gasteiger partial charge on any atom is -0.759 e. The van der Waals surface area contributed by atoms with Gasteiger partial charge in [0.05, 0.1) is 24.3 Å². The second-order valence-electron chi connectivity index (χ2n) is 8.63. The molecule has 0 spiro atoms. The predicted molar refractivity (Wildman–Crippen MR) is 154 cm³/mol. The van der Waals surface area contributed by atoms with Gasteiger partial charge in [-0.25, -0.2) is 9.13 Å². The molecule has 0 aliphatic rings. The summed E-state index contributed by atoms with van der Waals surface area (Å²) >= 11 is 3.14. The molecule has 212 valence electrons. The third-order valence-electron chi connectivity index (χ3n) is 5.59. The van der Waals surface area contributed by atoms with Gasteiger partial charge in [-0.05, 0) is 87.9 Å². The van der Waals surface area contributed by atoms with Crippen LogP contribution in [0.2, 0.25) is 0 Å². The van der Waals surface area contributed by atoms with E-state index in [1.54, 1.807) is 22.7 Å². The summed E-state index contributed by atoms with van der Waals surface area (Å²) in [5.74, 6) is 0. The number of anilines is 2. The fourth-order valence-electron chi connectivity index (χ4n) is 3.40. The molecule has 0 N–H and O–H groups in total. The van der Waals surface area contributed by atoms with Crippen LogP contribution in [-0.4, -0.2) is 44.7 Å². The highest BCUT2D eigenvalue weighted by molar-refractivity contribution is 7.79. The van der Waals surface area contributed by atoms with Gasteiger partial charge in [-0.15, -0.1) is 0 Å². The molecule has 0 saturated carbocycles. The lowest BCUT2D eigenvalue weighted by molar-refractivity contribution is -0.654. The highest BCUT2D eigenvalue weighted by Crippen LogP contribution is 2.24. The van der Waals surface area contributed by atoms with E-state index in [1.807, 2.05) is 70.6 Å². The molecule has 0 radical (unpaired) electrons. The average Bonchev–Trinajstić information content (AvgIpc) is 3.52. The molecule has 2 aromatic carbocycles. The van der Waals surface area contributed by atoms with Crippen LogP contribution < -0.4 is 18.9 Å². The Kier molecular flexibility index (Phi) is 11.3. The number of aryl methyl sites for hydroxylation is 2. The zero-order valence-corrected chi connectivity index (χ0v) is 24.9. The number of benzene rings is 2. The van der Waals surface area contributed by atoms with E-state index in [2.05, 4.69) is 68.6 Å². The van der Waals surface area contributed by atoms with E-state index in [0.29, 0.717) is 0 Å². The van der Waals surface area contributed by atoms with Gasteiger partial charge >= 0.3 is 10.3 Å². The van der Waals surface area contributed by atoms with Crippen molar-refractivity contribution >= 4 is 66.1 Å². The van der Waals surface area contributed by atoms with Crippen molar-refractivity contribution in [2.75, 3.05) is 37.0 Å². The van der Waals surface area contributed by atoms with Gasteiger partial charge in [0.2, 0.25) is 0 Å². The van der Waals surface area contributed by atoms with Crippen LogP contribution in [0.25, 0.3) is 0 Å². The predicted octanol–water partition coefficient (Wildman–Crippen LogP) is 4.91. The monoisotopic (exact) mass is 602 g/mol. The molecule has 12 nitrogen and oxygen atoms in total. The number of aromatic nitrogens is 2. The van der Waals surface area contributed by atoms with Crippen molar-refractivity contribution in [3.8, 4) is 0 Å². The average molecular weight is 603 g/mol. The van der Waals surface area contributed by atoms with Crippen molar-refractivity contribution in [1.29, 1.82) is 0 Å². The minimum atomic E-state index is -5.17. The maximum absolute atomic E-state index is 8.52. The van der Waals surface area contributed by atoms with E-state index in [4.69, 9.17) is 17.5 Å². The van der Waals surface area contributed by atoms with Crippen molar-refractivity contribution in [3.05, 3.63) is 71.7 Å². The van der Waals surface area contributed by atoms with Gasteiger partial charge in [-0.1, -0.05) is 0 Å². The number of rotatable bonds is 10. The summed E-state index contributed by atoms with van der Waals surface area (Å²) < 4.78 is 38.0. The van der Waals surface area contributed by atoms with Crippen LogP contribution in [0.5, 0.6) is 0 Å². The second kappa shape index (κ2) is 14.7. The molecular weight excluding hydrogens is 573 g/mol. The van der Waals surface area contributed by atoms with Gasteiger partial charge in [-0.2, -0.15) is 0 Å². The quantitative estimate of drug-likeness (QED) is 0.109. The second-order valence-corrected chi connectivity index (χ2v) is 11.2. The van der Waals surface area contributed by atoms with Crippen molar-refractivity contribution in [2.24, 2.45) is 34.6 Å². The van der Waals surface area contributed by atoms with Gasteiger partial charge in [0.15, 0.2) is 0 Å². The Bertz CT molecular complexity index is 1410. The van der Waals surface area contributed by atoms with Gasteiger partial charge in [0.25, 0.3) is 0 Å². The summed E-state index contributed by atoms with van der Waals surface area (Å²) in [7, 11) is 3.01. The molecule has 2 aromatic heterocycles. The van der Waals surface area contributed by atoms with Crippen molar-refractivity contribution in [1.82, 2.24) is 0 Å². The molecule has 0 bridgehead atoms. The third-order valence-corrected chi connectivity index (χ3v) is 7.27. The smallest absolute Gasteiger partial charge is 0.408 e. The highest BCUT2D eigenvalue weighted by Gasteiger charge is 2.09. The third kappa shape index (κ3) is 10.5. The maximum Gasteiger partial charge on any atom is 0.408 e. The molecular formula is C25H30N8O4S3. The molecule has 40 heavy (non-hydrogen) atoms. The Labute approximate surface area is 241 Å². The zero-order chi connectivity index (χ0) is 29.1. The Morgan fingerprint density at radius 3 is 1.35 bits per heavy atom. The molecule has 0 amide bonds. The Morgan fingerprint density at radius 2 is 1.05 bits per heavy atom. The van der Waals surface area contributed by atoms with E-state index in [-0.39, 0.29) is 0 Å². The summed E-state index contributed by atoms with van der Waals surface area (Å²) in [6, 6.07) is 16.4. The van der Waals surface area contributed by atoms with Gasteiger partial charge in [-0.3, -0.25) is 8.42 Å². The number of azo groups is 2. The molecule has 15 heteroatoms. The van der Waals surface area contributed by atoms with Crippen LogP contribution in [0.15, 0.2) is 92.1 Å². The van der Waals surface area contributed by atoms with E-state index < -0.39 is 10.4 Å². The van der Waals surface area contributed by atoms with Crippen LogP contribution in [-0.2, 0) is 24.5 Å². The lowest BCUT2D eigenvalue weighted by Crippen LogP contribution is -2.25. The van der Waals surface area contributed by atoms with Gasteiger partial charge in [0.1, 0.15) is 23.8 Å². The van der Waals surface area contributed by atoms with Crippen LogP contribution in [0.1, 0.15) is 6.42 Å². The Balaban J connectivity index is 0.000000810. The molecule has 0 atom stereocenters. The van der Waals surface area contributed by atoms with Gasteiger partial charge < -0.3 is 18.9 Å². The van der Waals surface area contributed by atoms with E-state index >= 15 is 0 Å². The molecule has 0 aliphatic carbocycles. The Morgan fingerprint density at radius 1 is 0.700 bits per heavy atom. The summed E-state index contributed by atoms with van der Waals surface area (Å²) in [4.78, 5) is 4.53. The number of hydrogen-bond acceptors (Lipinski definition) is 12. The summed E-state index contributed by atoms with van der Waals surface area (Å²) in [6.45, 7) is 1.92. The normalized spacial score (nSPS) is 11.6. The standard InChI is InChI=1S/C25H30N8S2.H2O4S/c1-30(22-10-6-20(7-11-22)26-28-24-32(3)16-18-34-24)14-5-15-31(2)23-12-8-21(9-13-23)27-29-25-33(4)17-19-35-25;1-5(2,3)4/h6-13,16-19H,5,14-15H2,1-4H3;(H2,1,2,3,4)/q+2;/p-2.